The Hall–Kier alpha value is -1.65. The molecule has 3 rings (SSSR count). The van der Waals surface area contributed by atoms with Crippen LogP contribution >= 0.6 is 0 Å². The lowest BCUT2D eigenvalue weighted by molar-refractivity contribution is 0.252. The number of rotatable bonds is 5. The van der Waals surface area contributed by atoms with Gasteiger partial charge in [-0.25, -0.2) is 4.98 Å². The van der Waals surface area contributed by atoms with Gasteiger partial charge in [-0.2, -0.15) is 0 Å². The van der Waals surface area contributed by atoms with E-state index in [0.717, 1.165) is 23.9 Å². The Bertz CT molecular complexity index is 568. The van der Waals surface area contributed by atoms with Crippen molar-refractivity contribution in [2.45, 2.75) is 46.0 Å². The molecule has 0 amide bonds. The molecule has 5 heteroatoms. The highest BCUT2D eigenvalue weighted by molar-refractivity contribution is 5.61. The van der Waals surface area contributed by atoms with Gasteiger partial charge >= 0.3 is 0 Å². The highest BCUT2D eigenvalue weighted by atomic mass is 15.2. The van der Waals surface area contributed by atoms with Gasteiger partial charge in [-0.1, -0.05) is 26.7 Å². The minimum atomic E-state index is 0.433. The average Bonchev–Trinajstić information content (AvgIpc) is 3.05. The van der Waals surface area contributed by atoms with E-state index in [1.165, 1.54) is 32.1 Å². The van der Waals surface area contributed by atoms with Gasteiger partial charge in [0.15, 0.2) is 5.82 Å². The van der Waals surface area contributed by atoms with Crippen LogP contribution in [0.25, 0.3) is 5.65 Å². The van der Waals surface area contributed by atoms with Crippen LogP contribution in [0.15, 0.2) is 18.7 Å². The molecule has 1 aliphatic carbocycles. The summed E-state index contributed by atoms with van der Waals surface area (Å²) in [5, 5.41) is 11.6. The number of fused-ring (bicyclic) bond motifs is 1. The quantitative estimate of drug-likeness (QED) is 0.909. The van der Waals surface area contributed by atoms with Gasteiger partial charge in [-0.15, -0.1) is 10.2 Å². The van der Waals surface area contributed by atoms with Crippen molar-refractivity contribution in [3.05, 3.63) is 18.7 Å². The minimum Gasteiger partial charge on any atom is -0.366 e. The Kier molecular flexibility index (Phi) is 3.59. The van der Waals surface area contributed by atoms with E-state index in [2.05, 4.69) is 34.3 Å². The zero-order chi connectivity index (χ0) is 14.0. The number of hydrogen-bond acceptors (Lipinski definition) is 4. The third-order valence-electron chi connectivity index (χ3n) is 4.35. The zero-order valence-electron chi connectivity index (χ0n) is 12.3. The SMILES string of the molecule is CC(C)CC1(CNc2nccn3cnnc23)CCCC1. The van der Waals surface area contributed by atoms with E-state index in [1.54, 1.807) is 12.5 Å². The Morgan fingerprint density at radius 3 is 2.90 bits per heavy atom. The second kappa shape index (κ2) is 5.38. The maximum atomic E-state index is 4.42. The van der Waals surface area contributed by atoms with E-state index in [-0.39, 0.29) is 0 Å². The fourth-order valence-corrected chi connectivity index (χ4v) is 3.60. The van der Waals surface area contributed by atoms with Crippen LogP contribution in [-0.4, -0.2) is 26.1 Å². The van der Waals surface area contributed by atoms with Crippen LogP contribution in [0, 0.1) is 11.3 Å². The predicted octanol–water partition coefficient (Wildman–Crippen LogP) is 3.14. The molecular weight excluding hydrogens is 250 g/mol. The molecule has 0 unspecified atom stereocenters. The summed E-state index contributed by atoms with van der Waals surface area (Å²) in [7, 11) is 0. The van der Waals surface area contributed by atoms with Gasteiger partial charge < -0.3 is 5.32 Å². The number of hydrogen-bond donors (Lipinski definition) is 1. The molecule has 2 aromatic heterocycles. The van der Waals surface area contributed by atoms with E-state index in [1.807, 2.05) is 10.6 Å². The van der Waals surface area contributed by atoms with Gasteiger partial charge in [0.2, 0.25) is 5.65 Å². The molecule has 0 atom stereocenters. The molecule has 2 aromatic rings. The first-order valence-corrected chi connectivity index (χ1v) is 7.57. The van der Waals surface area contributed by atoms with Crippen molar-refractivity contribution in [1.29, 1.82) is 0 Å². The lowest BCUT2D eigenvalue weighted by Gasteiger charge is -2.31. The van der Waals surface area contributed by atoms with Crippen molar-refractivity contribution in [2.24, 2.45) is 11.3 Å². The van der Waals surface area contributed by atoms with Crippen molar-refractivity contribution >= 4 is 11.5 Å². The van der Waals surface area contributed by atoms with Gasteiger partial charge in [0, 0.05) is 18.9 Å². The Morgan fingerprint density at radius 2 is 2.15 bits per heavy atom. The van der Waals surface area contributed by atoms with Crippen LogP contribution in [0.2, 0.25) is 0 Å². The largest absolute Gasteiger partial charge is 0.366 e. The van der Waals surface area contributed by atoms with Gasteiger partial charge in [-0.05, 0) is 30.6 Å². The molecule has 0 aromatic carbocycles. The molecule has 108 valence electrons. The first-order chi connectivity index (χ1) is 9.69. The number of nitrogens with zero attached hydrogens (tertiary/aromatic N) is 4. The van der Waals surface area contributed by atoms with Crippen molar-refractivity contribution < 1.29 is 0 Å². The third kappa shape index (κ3) is 2.62. The van der Waals surface area contributed by atoms with Crippen molar-refractivity contribution in [3.8, 4) is 0 Å². The van der Waals surface area contributed by atoms with Crippen molar-refractivity contribution in [1.82, 2.24) is 19.6 Å². The number of aromatic nitrogens is 4. The van der Waals surface area contributed by atoms with Crippen LogP contribution in [0.1, 0.15) is 46.0 Å². The van der Waals surface area contributed by atoms with E-state index in [4.69, 9.17) is 0 Å². The summed E-state index contributed by atoms with van der Waals surface area (Å²) in [5.74, 6) is 1.59. The van der Waals surface area contributed by atoms with E-state index in [0.29, 0.717) is 5.41 Å². The normalized spacial score (nSPS) is 17.9. The molecule has 1 fully saturated rings. The van der Waals surface area contributed by atoms with Crippen LogP contribution in [0.4, 0.5) is 5.82 Å². The van der Waals surface area contributed by atoms with Gasteiger partial charge in [0.25, 0.3) is 0 Å². The predicted molar refractivity (Wildman–Crippen MR) is 79.6 cm³/mol. The maximum absolute atomic E-state index is 4.42. The summed E-state index contributed by atoms with van der Waals surface area (Å²) in [4.78, 5) is 4.42. The minimum absolute atomic E-state index is 0.433. The fourth-order valence-electron chi connectivity index (χ4n) is 3.60. The first kappa shape index (κ1) is 13.3. The summed E-state index contributed by atoms with van der Waals surface area (Å²) >= 11 is 0. The Labute approximate surface area is 119 Å². The molecule has 0 saturated heterocycles. The van der Waals surface area contributed by atoms with Crippen LogP contribution in [0.5, 0.6) is 0 Å². The molecule has 1 aliphatic rings. The van der Waals surface area contributed by atoms with Crippen LogP contribution in [-0.2, 0) is 0 Å². The summed E-state index contributed by atoms with van der Waals surface area (Å²) in [5.41, 5.74) is 1.24. The smallest absolute Gasteiger partial charge is 0.203 e. The highest BCUT2D eigenvalue weighted by Gasteiger charge is 2.34. The van der Waals surface area contributed by atoms with E-state index >= 15 is 0 Å². The summed E-state index contributed by atoms with van der Waals surface area (Å²) in [6, 6.07) is 0. The molecule has 5 nitrogen and oxygen atoms in total. The van der Waals surface area contributed by atoms with Gasteiger partial charge in [-0.3, -0.25) is 4.40 Å². The van der Waals surface area contributed by atoms with Gasteiger partial charge in [0.05, 0.1) is 0 Å². The summed E-state index contributed by atoms with van der Waals surface area (Å²) in [6.07, 6.45) is 12.0. The van der Waals surface area contributed by atoms with Crippen LogP contribution < -0.4 is 5.32 Å². The average molecular weight is 273 g/mol. The van der Waals surface area contributed by atoms with Crippen molar-refractivity contribution in [3.63, 3.8) is 0 Å². The molecule has 20 heavy (non-hydrogen) atoms. The van der Waals surface area contributed by atoms with Crippen LogP contribution in [0.3, 0.4) is 0 Å². The fraction of sp³-hybridized carbons (Fsp3) is 0.667. The second-order valence-corrected chi connectivity index (χ2v) is 6.50. The lowest BCUT2D eigenvalue weighted by Crippen LogP contribution is -2.29. The number of anilines is 1. The molecule has 0 radical (unpaired) electrons. The van der Waals surface area contributed by atoms with Crippen molar-refractivity contribution in [2.75, 3.05) is 11.9 Å². The Morgan fingerprint density at radius 1 is 1.35 bits per heavy atom. The molecule has 0 bridgehead atoms. The Balaban J connectivity index is 1.75. The standard InChI is InChI=1S/C15H23N5/c1-12(2)9-15(5-3-4-6-15)10-17-13-14-19-18-11-20(14)8-7-16-13/h7-8,11-12H,3-6,9-10H2,1-2H3,(H,16,17). The summed E-state index contributed by atoms with van der Waals surface area (Å²) in [6.45, 7) is 5.62. The number of nitrogens with one attached hydrogen (secondary N) is 1. The maximum Gasteiger partial charge on any atom is 0.203 e. The molecule has 2 heterocycles. The molecule has 1 N–H and O–H groups in total. The van der Waals surface area contributed by atoms with E-state index in [9.17, 15) is 0 Å². The molecule has 1 saturated carbocycles. The lowest BCUT2D eigenvalue weighted by atomic mass is 9.78. The first-order valence-electron chi connectivity index (χ1n) is 7.57. The monoisotopic (exact) mass is 273 g/mol. The summed E-state index contributed by atoms with van der Waals surface area (Å²) < 4.78 is 1.90. The molecule has 0 spiro atoms. The highest BCUT2D eigenvalue weighted by Crippen LogP contribution is 2.43. The van der Waals surface area contributed by atoms with Gasteiger partial charge in [0.1, 0.15) is 6.33 Å². The molecule has 0 aliphatic heterocycles. The zero-order valence-corrected chi connectivity index (χ0v) is 12.3. The second-order valence-electron chi connectivity index (χ2n) is 6.50. The topological polar surface area (TPSA) is 55.1 Å². The van der Waals surface area contributed by atoms with E-state index < -0.39 is 0 Å². The molecular formula is C15H23N5. The third-order valence-corrected chi connectivity index (χ3v) is 4.35.